The largest absolute Gasteiger partial charge is 0.399 e. The van der Waals surface area contributed by atoms with Gasteiger partial charge in [-0.05, 0) is 18.2 Å². The Bertz CT molecular complexity index is 456. The van der Waals surface area contributed by atoms with Crippen LogP contribution in [-0.2, 0) is 0 Å². The van der Waals surface area contributed by atoms with Crippen LogP contribution in [0.3, 0.4) is 0 Å². The van der Waals surface area contributed by atoms with Crippen LogP contribution in [-0.4, -0.2) is 34.4 Å². The van der Waals surface area contributed by atoms with Gasteiger partial charge in [0.05, 0.1) is 10.6 Å². The summed E-state index contributed by atoms with van der Waals surface area (Å²) in [6.45, 7) is 5.81. The predicted octanol–water partition coefficient (Wildman–Crippen LogP) is 2.89. The molecule has 1 fully saturated rings. The van der Waals surface area contributed by atoms with Crippen LogP contribution in [0.4, 0.5) is 5.69 Å². The number of nitrogens with two attached hydrogens (primary N) is 1. The van der Waals surface area contributed by atoms with E-state index >= 15 is 0 Å². The Morgan fingerprint density at radius 1 is 1.39 bits per heavy atom. The molecular weight excluding hydrogens is 268 g/mol. The van der Waals surface area contributed by atoms with Crippen molar-refractivity contribution < 1.29 is 4.79 Å². The lowest BCUT2D eigenvalue weighted by molar-refractivity contribution is 0.0753. The average Bonchev–Trinajstić information content (AvgIpc) is 2.30. The number of benzene rings is 1. The van der Waals surface area contributed by atoms with Crippen LogP contribution < -0.4 is 5.73 Å². The second kappa shape index (κ2) is 5.41. The molecule has 2 N–H and O–H groups in total. The van der Waals surface area contributed by atoms with Crippen LogP contribution in [0.15, 0.2) is 18.2 Å². The minimum absolute atomic E-state index is 0.0219. The molecule has 1 aromatic rings. The maximum Gasteiger partial charge on any atom is 0.255 e. The molecule has 1 heterocycles. The lowest BCUT2D eigenvalue weighted by atomic mass is 10.1. The van der Waals surface area contributed by atoms with Crippen molar-refractivity contribution in [1.29, 1.82) is 0 Å². The van der Waals surface area contributed by atoms with Gasteiger partial charge in [0.25, 0.3) is 5.91 Å². The molecule has 0 aromatic heterocycles. The highest BCUT2D eigenvalue weighted by atomic mass is 35.5. The maximum absolute atomic E-state index is 12.4. The van der Waals surface area contributed by atoms with Crippen LogP contribution in [0.1, 0.15) is 24.2 Å². The zero-order valence-electron chi connectivity index (χ0n) is 10.5. The molecule has 2 unspecified atom stereocenters. The molecule has 1 aliphatic heterocycles. The summed E-state index contributed by atoms with van der Waals surface area (Å²) in [6.07, 6.45) is 0. The van der Waals surface area contributed by atoms with E-state index in [1.165, 1.54) is 0 Å². The Labute approximate surface area is 117 Å². The standard InChI is InChI=1S/C13H17ClN2OS/c1-8-6-16(7-9(2)18-8)13(17)11-5-10(15)3-4-12(11)14/h3-5,8-9H,6-7,15H2,1-2H3. The van der Waals surface area contributed by atoms with Crippen molar-refractivity contribution in [1.82, 2.24) is 4.90 Å². The summed E-state index contributed by atoms with van der Waals surface area (Å²) in [5.41, 5.74) is 6.78. The quantitative estimate of drug-likeness (QED) is 0.807. The lowest BCUT2D eigenvalue weighted by Crippen LogP contribution is -2.44. The number of nitrogen functional groups attached to an aromatic ring is 1. The monoisotopic (exact) mass is 284 g/mol. The third-order valence-electron chi connectivity index (χ3n) is 2.93. The predicted molar refractivity (Wildman–Crippen MR) is 78.3 cm³/mol. The molecule has 0 aliphatic carbocycles. The number of amides is 1. The molecule has 2 rings (SSSR count). The number of carbonyl (C=O) groups is 1. The Morgan fingerprint density at radius 2 is 2.00 bits per heavy atom. The first-order valence-electron chi connectivity index (χ1n) is 5.97. The van der Waals surface area contributed by atoms with Gasteiger partial charge < -0.3 is 10.6 Å². The fraction of sp³-hybridized carbons (Fsp3) is 0.462. The minimum Gasteiger partial charge on any atom is -0.399 e. The van der Waals surface area contributed by atoms with Gasteiger partial charge in [0.2, 0.25) is 0 Å². The summed E-state index contributed by atoms with van der Waals surface area (Å²) in [5, 5.41) is 1.38. The van der Waals surface area contributed by atoms with Gasteiger partial charge in [0.1, 0.15) is 0 Å². The van der Waals surface area contributed by atoms with Crippen molar-refractivity contribution >= 4 is 35.0 Å². The summed E-state index contributed by atoms with van der Waals surface area (Å²) in [6, 6.07) is 5.04. The summed E-state index contributed by atoms with van der Waals surface area (Å²) < 4.78 is 0. The molecule has 18 heavy (non-hydrogen) atoms. The maximum atomic E-state index is 12.4. The zero-order valence-corrected chi connectivity index (χ0v) is 12.1. The summed E-state index contributed by atoms with van der Waals surface area (Å²) in [4.78, 5) is 14.3. The molecule has 98 valence electrons. The number of anilines is 1. The van der Waals surface area contributed by atoms with Crippen molar-refractivity contribution in [2.24, 2.45) is 0 Å². The highest BCUT2D eigenvalue weighted by molar-refractivity contribution is 8.00. The Hall–Kier alpha value is -0.870. The van der Waals surface area contributed by atoms with Gasteiger partial charge in [-0.2, -0.15) is 11.8 Å². The van der Waals surface area contributed by atoms with Crippen molar-refractivity contribution in [3.05, 3.63) is 28.8 Å². The number of nitrogens with zero attached hydrogens (tertiary/aromatic N) is 1. The lowest BCUT2D eigenvalue weighted by Gasteiger charge is -2.34. The second-order valence-corrected chi connectivity index (χ2v) is 7.00. The van der Waals surface area contributed by atoms with Gasteiger partial charge in [0, 0.05) is 29.3 Å². The van der Waals surface area contributed by atoms with Crippen LogP contribution in [0.5, 0.6) is 0 Å². The first-order valence-corrected chi connectivity index (χ1v) is 7.29. The highest BCUT2D eigenvalue weighted by Gasteiger charge is 2.27. The summed E-state index contributed by atoms with van der Waals surface area (Å²) in [7, 11) is 0. The SMILES string of the molecule is CC1CN(C(=O)c2cc(N)ccc2Cl)CC(C)S1. The molecule has 3 nitrogen and oxygen atoms in total. The zero-order chi connectivity index (χ0) is 13.3. The first kappa shape index (κ1) is 13.6. The topological polar surface area (TPSA) is 46.3 Å². The molecule has 0 bridgehead atoms. The summed E-state index contributed by atoms with van der Waals surface area (Å²) in [5.74, 6) is -0.0219. The number of hydrogen-bond acceptors (Lipinski definition) is 3. The van der Waals surface area contributed by atoms with Crippen LogP contribution in [0.2, 0.25) is 5.02 Å². The van der Waals surface area contributed by atoms with Gasteiger partial charge in [-0.15, -0.1) is 0 Å². The van der Waals surface area contributed by atoms with Gasteiger partial charge in [-0.3, -0.25) is 4.79 Å². The molecule has 2 atom stereocenters. The van der Waals surface area contributed by atoms with Gasteiger partial charge in [-0.1, -0.05) is 25.4 Å². The number of thioether (sulfide) groups is 1. The minimum atomic E-state index is -0.0219. The molecule has 1 aromatic carbocycles. The molecule has 0 saturated carbocycles. The van der Waals surface area contributed by atoms with E-state index in [1.807, 2.05) is 16.7 Å². The number of rotatable bonds is 1. The highest BCUT2D eigenvalue weighted by Crippen LogP contribution is 2.27. The second-order valence-electron chi connectivity index (χ2n) is 4.71. The van der Waals surface area contributed by atoms with Crippen LogP contribution in [0.25, 0.3) is 0 Å². The molecule has 5 heteroatoms. The van der Waals surface area contributed by atoms with Crippen molar-refractivity contribution in [3.8, 4) is 0 Å². The fourth-order valence-corrected chi connectivity index (χ4v) is 3.74. The molecule has 0 spiro atoms. The van der Waals surface area contributed by atoms with E-state index in [0.29, 0.717) is 26.8 Å². The Balaban J connectivity index is 2.22. The van der Waals surface area contributed by atoms with E-state index < -0.39 is 0 Å². The van der Waals surface area contributed by atoms with Crippen LogP contribution >= 0.6 is 23.4 Å². The third-order valence-corrected chi connectivity index (χ3v) is 4.48. The van der Waals surface area contributed by atoms with E-state index in [4.69, 9.17) is 17.3 Å². The first-order chi connectivity index (χ1) is 8.47. The van der Waals surface area contributed by atoms with Gasteiger partial charge >= 0.3 is 0 Å². The van der Waals surface area contributed by atoms with E-state index in [2.05, 4.69) is 13.8 Å². The fourth-order valence-electron chi connectivity index (χ4n) is 2.22. The molecule has 1 amide bonds. The third kappa shape index (κ3) is 2.93. The van der Waals surface area contributed by atoms with Gasteiger partial charge in [-0.25, -0.2) is 0 Å². The Kier molecular flexibility index (Phi) is 4.07. The molecule has 0 radical (unpaired) electrons. The normalized spacial score (nSPS) is 24.1. The Morgan fingerprint density at radius 3 is 2.61 bits per heavy atom. The average molecular weight is 285 g/mol. The smallest absolute Gasteiger partial charge is 0.255 e. The summed E-state index contributed by atoms with van der Waals surface area (Å²) >= 11 is 7.99. The van der Waals surface area contributed by atoms with E-state index in [1.54, 1.807) is 18.2 Å². The number of carbonyl (C=O) groups excluding carboxylic acids is 1. The molecule has 1 saturated heterocycles. The van der Waals surface area contributed by atoms with E-state index in [-0.39, 0.29) is 5.91 Å². The number of hydrogen-bond donors (Lipinski definition) is 1. The van der Waals surface area contributed by atoms with Gasteiger partial charge in [0.15, 0.2) is 0 Å². The van der Waals surface area contributed by atoms with Crippen molar-refractivity contribution in [2.75, 3.05) is 18.8 Å². The van der Waals surface area contributed by atoms with E-state index in [0.717, 1.165) is 13.1 Å². The van der Waals surface area contributed by atoms with E-state index in [9.17, 15) is 4.79 Å². The molecule has 1 aliphatic rings. The molecular formula is C13H17ClN2OS. The van der Waals surface area contributed by atoms with Crippen molar-refractivity contribution in [3.63, 3.8) is 0 Å². The van der Waals surface area contributed by atoms with Crippen LogP contribution in [0, 0.1) is 0 Å². The number of halogens is 1. The van der Waals surface area contributed by atoms with Crippen molar-refractivity contribution in [2.45, 2.75) is 24.3 Å².